The van der Waals surface area contributed by atoms with E-state index in [1.54, 1.807) is 25.1 Å². The number of nitrogens with one attached hydrogen (secondary N) is 2. The van der Waals surface area contributed by atoms with Gasteiger partial charge >= 0.3 is 0 Å². The normalized spacial score (nSPS) is 11.3. The summed E-state index contributed by atoms with van der Waals surface area (Å²) in [5.41, 5.74) is 6.70. The van der Waals surface area contributed by atoms with E-state index in [4.69, 9.17) is 34.3 Å². The fraction of sp³-hybridized carbons (Fsp3) is 0.100. The number of hydrogen-bond acceptors (Lipinski definition) is 3. The summed E-state index contributed by atoms with van der Waals surface area (Å²) < 4.78 is 0. The second-order valence-corrected chi connectivity index (χ2v) is 3.94. The maximum Gasteiger partial charge on any atom is 0.102 e. The third kappa shape index (κ3) is 4.23. The van der Waals surface area contributed by atoms with Gasteiger partial charge in [-0.1, -0.05) is 23.2 Å². The van der Waals surface area contributed by atoms with Crippen molar-refractivity contribution in [3.63, 3.8) is 0 Å². The zero-order chi connectivity index (χ0) is 11.4. The molecule has 0 fully saturated rings. The van der Waals surface area contributed by atoms with E-state index in [1.165, 1.54) is 6.08 Å². The number of allylic oxidation sites excluding steroid dienone is 1. The monoisotopic (exact) mass is 243 g/mol. The van der Waals surface area contributed by atoms with Crippen LogP contribution in [0.2, 0.25) is 10.0 Å². The smallest absolute Gasteiger partial charge is 0.102 e. The summed E-state index contributed by atoms with van der Waals surface area (Å²) in [6.07, 6.45) is 1.51. The summed E-state index contributed by atoms with van der Waals surface area (Å²) in [6.45, 7) is 1.64. The first kappa shape index (κ1) is 11.9. The molecule has 0 aliphatic carbocycles. The van der Waals surface area contributed by atoms with Gasteiger partial charge in [-0.05, 0) is 31.2 Å². The number of halogens is 2. The van der Waals surface area contributed by atoms with Crippen LogP contribution in [0.1, 0.15) is 6.92 Å². The topological polar surface area (TPSA) is 61.9 Å². The maximum absolute atomic E-state index is 7.23. The lowest BCUT2D eigenvalue weighted by atomic mass is 10.3. The lowest BCUT2D eigenvalue weighted by molar-refractivity contribution is 1.31. The van der Waals surface area contributed by atoms with Crippen LogP contribution in [0.15, 0.2) is 30.1 Å². The standard InChI is InChI=1S/C10H11Cl2N3/c1-6(13)2-10(14)15-9-4-7(11)3-8(12)5-9/h2-5,13,15H,14H2,1H3/b10-2-,13-6?. The van der Waals surface area contributed by atoms with Crippen molar-refractivity contribution in [2.24, 2.45) is 5.73 Å². The van der Waals surface area contributed by atoms with E-state index < -0.39 is 0 Å². The van der Waals surface area contributed by atoms with Crippen LogP contribution in [0.4, 0.5) is 5.69 Å². The second kappa shape index (κ2) is 5.05. The van der Waals surface area contributed by atoms with Gasteiger partial charge in [-0.15, -0.1) is 0 Å². The fourth-order valence-electron chi connectivity index (χ4n) is 1.06. The summed E-state index contributed by atoms with van der Waals surface area (Å²) in [6, 6.07) is 5.04. The van der Waals surface area contributed by atoms with Crippen LogP contribution < -0.4 is 11.1 Å². The van der Waals surface area contributed by atoms with Crippen molar-refractivity contribution in [1.82, 2.24) is 0 Å². The molecule has 0 heterocycles. The molecule has 0 aromatic heterocycles. The highest BCUT2D eigenvalue weighted by Gasteiger charge is 1.98. The molecule has 15 heavy (non-hydrogen) atoms. The fourth-order valence-corrected chi connectivity index (χ4v) is 1.59. The second-order valence-electron chi connectivity index (χ2n) is 3.07. The van der Waals surface area contributed by atoms with Crippen molar-refractivity contribution in [2.45, 2.75) is 6.92 Å². The molecule has 0 saturated heterocycles. The highest BCUT2D eigenvalue weighted by Crippen LogP contribution is 2.22. The molecule has 0 radical (unpaired) electrons. The van der Waals surface area contributed by atoms with Crippen LogP contribution in [-0.4, -0.2) is 5.71 Å². The van der Waals surface area contributed by atoms with Crippen molar-refractivity contribution in [3.05, 3.63) is 40.1 Å². The van der Waals surface area contributed by atoms with Crippen molar-refractivity contribution in [2.75, 3.05) is 5.32 Å². The van der Waals surface area contributed by atoms with Gasteiger partial charge in [0, 0.05) is 21.4 Å². The van der Waals surface area contributed by atoms with Gasteiger partial charge in [0.15, 0.2) is 0 Å². The molecule has 5 heteroatoms. The predicted molar refractivity (Wildman–Crippen MR) is 65.8 cm³/mol. The highest BCUT2D eigenvalue weighted by atomic mass is 35.5. The Balaban J connectivity index is 2.85. The quantitative estimate of drug-likeness (QED) is 0.714. The van der Waals surface area contributed by atoms with E-state index in [0.29, 0.717) is 27.3 Å². The Morgan fingerprint density at radius 3 is 2.33 bits per heavy atom. The van der Waals surface area contributed by atoms with E-state index >= 15 is 0 Å². The van der Waals surface area contributed by atoms with Crippen LogP contribution in [0.5, 0.6) is 0 Å². The van der Waals surface area contributed by atoms with Crippen molar-refractivity contribution < 1.29 is 0 Å². The zero-order valence-corrected chi connectivity index (χ0v) is 9.65. The van der Waals surface area contributed by atoms with E-state index in [1.807, 2.05) is 0 Å². The first-order chi connectivity index (χ1) is 6.97. The van der Waals surface area contributed by atoms with Gasteiger partial charge in [0.25, 0.3) is 0 Å². The van der Waals surface area contributed by atoms with E-state index in [9.17, 15) is 0 Å². The molecule has 80 valence electrons. The van der Waals surface area contributed by atoms with Gasteiger partial charge in [0.2, 0.25) is 0 Å². The Kier molecular flexibility index (Phi) is 4.00. The molecule has 0 amide bonds. The molecular weight excluding hydrogens is 233 g/mol. The molecule has 0 atom stereocenters. The lowest BCUT2D eigenvalue weighted by Gasteiger charge is -2.07. The SMILES string of the molecule is CC(=N)/C=C(/N)Nc1cc(Cl)cc(Cl)c1. The van der Waals surface area contributed by atoms with Gasteiger partial charge in [-0.3, -0.25) is 0 Å². The van der Waals surface area contributed by atoms with E-state index in [2.05, 4.69) is 5.32 Å². The molecule has 0 unspecified atom stereocenters. The molecule has 0 aliphatic rings. The van der Waals surface area contributed by atoms with Gasteiger partial charge in [-0.2, -0.15) is 0 Å². The van der Waals surface area contributed by atoms with E-state index in [0.717, 1.165) is 0 Å². The van der Waals surface area contributed by atoms with Crippen LogP contribution in [-0.2, 0) is 0 Å². The predicted octanol–water partition coefficient (Wildman–Crippen LogP) is 3.25. The van der Waals surface area contributed by atoms with Crippen molar-refractivity contribution >= 4 is 34.6 Å². The Morgan fingerprint density at radius 1 is 1.33 bits per heavy atom. The number of benzene rings is 1. The van der Waals surface area contributed by atoms with Crippen LogP contribution in [0.25, 0.3) is 0 Å². The Hall–Kier alpha value is -1.19. The van der Waals surface area contributed by atoms with Crippen LogP contribution in [0.3, 0.4) is 0 Å². The Bertz CT molecular complexity index is 393. The number of anilines is 1. The summed E-state index contributed by atoms with van der Waals surface area (Å²) in [5, 5.41) is 11.2. The summed E-state index contributed by atoms with van der Waals surface area (Å²) in [4.78, 5) is 0. The Labute approximate surface area is 98.4 Å². The third-order valence-corrected chi connectivity index (χ3v) is 1.96. The molecule has 0 saturated carbocycles. The minimum Gasteiger partial charge on any atom is -0.385 e. The minimum atomic E-state index is 0.369. The average Bonchev–Trinajstić information content (AvgIpc) is 1.98. The lowest BCUT2D eigenvalue weighted by Crippen LogP contribution is -2.10. The number of rotatable bonds is 3. The summed E-state index contributed by atoms with van der Waals surface area (Å²) in [5.74, 6) is 0.376. The number of nitrogens with two attached hydrogens (primary N) is 1. The van der Waals surface area contributed by atoms with Gasteiger partial charge in [0.05, 0.1) is 0 Å². The molecule has 4 N–H and O–H groups in total. The summed E-state index contributed by atoms with van der Waals surface area (Å²) >= 11 is 11.6. The largest absolute Gasteiger partial charge is 0.385 e. The van der Waals surface area contributed by atoms with Crippen molar-refractivity contribution in [1.29, 1.82) is 5.41 Å². The molecule has 1 rings (SSSR count). The number of hydrogen-bond donors (Lipinski definition) is 3. The highest BCUT2D eigenvalue weighted by molar-refractivity contribution is 6.35. The first-order valence-electron chi connectivity index (χ1n) is 4.23. The molecule has 0 bridgehead atoms. The van der Waals surface area contributed by atoms with Gasteiger partial charge in [-0.25, -0.2) is 0 Å². The molecule has 3 nitrogen and oxygen atoms in total. The van der Waals surface area contributed by atoms with Gasteiger partial charge < -0.3 is 16.5 Å². The minimum absolute atomic E-state index is 0.369. The van der Waals surface area contributed by atoms with E-state index in [-0.39, 0.29) is 0 Å². The molecular formula is C10H11Cl2N3. The average molecular weight is 244 g/mol. The van der Waals surface area contributed by atoms with Crippen LogP contribution in [0, 0.1) is 5.41 Å². The molecule has 0 aliphatic heterocycles. The summed E-state index contributed by atoms with van der Waals surface area (Å²) in [7, 11) is 0. The Morgan fingerprint density at radius 2 is 1.87 bits per heavy atom. The van der Waals surface area contributed by atoms with Crippen LogP contribution >= 0.6 is 23.2 Å². The molecule has 1 aromatic carbocycles. The zero-order valence-electron chi connectivity index (χ0n) is 8.14. The maximum atomic E-state index is 7.23. The first-order valence-corrected chi connectivity index (χ1v) is 4.98. The molecule has 0 spiro atoms. The van der Waals surface area contributed by atoms with Crippen molar-refractivity contribution in [3.8, 4) is 0 Å². The molecule has 1 aromatic rings. The van der Waals surface area contributed by atoms with Gasteiger partial charge in [0.1, 0.15) is 5.82 Å². The third-order valence-electron chi connectivity index (χ3n) is 1.52.